The van der Waals surface area contributed by atoms with E-state index < -0.39 is 25.1 Å². The van der Waals surface area contributed by atoms with Crippen molar-refractivity contribution >= 4 is 134 Å². The van der Waals surface area contributed by atoms with E-state index in [-0.39, 0.29) is 26.7 Å². The topological polar surface area (TPSA) is 105 Å². The summed E-state index contributed by atoms with van der Waals surface area (Å²) in [5.41, 5.74) is 13.3. The Labute approximate surface area is 585 Å². The first-order chi connectivity index (χ1) is 49.4. The van der Waals surface area contributed by atoms with Crippen molar-refractivity contribution < 1.29 is 21.6 Å². The number of aromatic nitrogens is 4. The number of aryl methyl sites for hydroxylation is 4. The molecule has 9 nitrogen and oxygen atoms in total. The number of carbonyl (C=O) groups is 1. The summed E-state index contributed by atoms with van der Waals surface area (Å²) in [5, 5.41) is 15.3. The van der Waals surface area contributed by atoms with Crippen molar-refractivity contribution in [3.8, 4) is 0 Å². The second-order valence-electron chi connectivity index (χ2n) is 25.9. The van der Waals surface area contributed by atoms with Crippen LogP contribution >= 0.6 is 0 Å². The molecule has 0 atom stereocenters. The van der Waals surface area contributed by atoms with Crippen molar-refractivity contribution in [1.29, 1.82) is 0 Å². The Morgan fingerprint density at radius 3 is 1.02 bits per heavy atom. The van der Waals surface area contributed by atoms with Crippen LogP contribution in [0.5, 0.6) is 0 Å². The first kappa shape index (κ1) is 62.9. The highest BCUT2D eigenvalue weighted by molar-refractivity contribution is 7.92. The van der Waals surface area contributed by atoms with Crippen LogP contribution in [-0.2, 0) is 51.3 Å². The van der Waals surface area contributed by atoms with Crippen molar-refractivity contribution in [3.63, 3.8) is 0 Å². The van der Waals surface area contributed by atoms with Gasteiger partial charge in [-0.25, -0.2) is 16.8 Å². The van der Waals surface area contributed by atoms with E-state index in [1.165, 1.54) is 116 Å². The quantitative estimate of drug-likeness (QED) is 0.165. The summed E-state index contributed by atoms with van der Waals surface area (Å²) in [5.74, 6) is -0.231. The maximum atomic E-state index is 14.4. The van der Waals surface area contributed by atoms with Crippen LogP contribution in [0.15, 0.2) is 323 Å². The highest BCUT2D eigenvalue weighted by Crippen LogP contribution is 2.55. The lowest BCUT2D eigenvalue weighted by molar-refractivity contribution is 0.103. The van der Waals surface area contributed by atoms with Crippen LogP contribution in [0.4, 0.5) is 0 Å². The zero-order valence-electron chi connectivity index (χ0n) is 56.3. The van der Waals surface area contributed by atoms with Crippen molar-refractivity contribution in [1.82, 2.24) is 18.3 Å². The lowest BCUT2D eigenvalue weighted by Crippen LogP contribution is -2.37. The van der Waals surface area contributed by atoms with E-state index in [0.717, 1.165) is 53.8 Å². The Bertz CT molecular complexity index is 6510. The Morgan fingerprint density at radius 1 is 0.267 bits per heavy atom. The van der Waals surface area contributed by atoms with Gasteiger partial charge in [0.1, 0.15) is 0 Å². The molecule has 2 aliphatic heterocycles. The van der Waals surface area contributed by atoms with Gasteiger partial charge in [0.15, 0.2) is 5.78 Å². The van der Waals surface area contributed by atoms with E-state index in [0.29, 0.717) is 9.79 Å². The highest BCUT2D eigenvalue weighted by Gasteiger charge is 2.49. The van der Waals surface area contributed by atoms with Crippen LogP contribution in [0.25, 0.3) is 109 Å². The molecule has 0 saturated heterocycles. The number of nitrogens with zero attached hydrogens (tertiary/aromatic N) is 4. The largest absolute Gasteiger partial charge is 0.341 e. The summed E-state index contributed by atoms with van der Waals surface area (Å²) in [4.78, 5) is 13.0. The van der Waals surface area contributed by atoms with Gasteiger partial charge in [-0.05, 0) is 169 Å². The number of ketones is 1. The van der Waals surface area contributed by atoms with E-state index >= 15 is 0 Å². The first-order valence-corrected chi connectivity index (χ1v) is 37.6. The number of fused-ring (bicyclic) bond motifs is 20. The molecule has 6 heterocycles. The molecule has 492 valence electrons. The van der Waals surface area contributed by atoms with Gasteiger partial charge < -0.3 is 18.3 Å². The second-order valence-corrected chi connectivity index (χ2v) is 29.7. The maximum Gasteiger partial charge on any atom is 0.208 e. The summed E-state index contributed by atoms with van der Waals surface area (Å²) >= 11 is 0. The Morgan fingerprint density at radius 2 is 0.564 bits per heavy atom. The smallest absolute Gasteiger partial charge is 0.208 e. The molecule has 0 radical (unpaired) electrons. The van der Waals surface area contributed by atoms with E-state index in [9.17, 15) is 21.6 Å². The molecule has 0 unspecified atom stereocenters. The lowest BCUT2D eigenvalue weighted by atomic mass is 9.64. The van der Waals surface area contributed by atoms with Gasteiger partial charge in [-0.2, -0.15) is 0 Å². The van der Waals surface area contributed by atoms with Gasteiger partial charge in [0.2, 0.25) is 19.7 Å². The number of benzene rings is 14. The summed E-state index contributed by atoms with van der Waals surface area (Å²) in [6.45, 7) is 12.5. The third-order valence-electron chi connectivity index (χ3n) is 21.0. The highest BCUT2D eigenvalue weighted by atomic mass is 32.2. The molecule has 0 fully saturated rings. The van der Waals surface area contributed by atoms with Crippen LogP contribution in [-0.4, -0.2) is 40.9 Å². The van der Waals surface area contributed by atoms with Crippen molar-refractivity contribution in [3.05, 3.63) is 337 Å². The molecule has 0 aliphatic carbocycles. The van der Waals surface area contributed by atoms with Crippen molar-refractivity contribution in [2.45, 2.75) is 78.9 Å². The number of hydrogen-bond donors (Lipinski definition) is 0. The van der Waals surface area contributed by atoms with Crippen LogP contribution in [0, 0.1) is 0 Å². The molecule has 0 spiro atoms. The van der Waals surface area contributed by atoms with Crippen LogP contribution in [0.2, 0.25) is 0 Å². The van der Waals surface area contributed by atoms with Crippen LogP contribution in [0.1, 0.15) is 65.9 Å². The van der Waals surface area contributed by atoms with Gasteiger partial charge >= 0.3 is 0 Å². The predicted molar refractivity (Wildman–Crippen MR) is 415 cm³/mol. The molecule has 14 aromatic carbocycles. The molecular weight excluding hydrogens is 1280 g/mol. The number of rotatable bonds is 6. The zero-order valence-corrected chi connectivity index (χ0v) is 58.0. The van der Waals surface area contributed by atoms with Crippen LogP contribution < -0.4 is 0 Å². The monoisotopic (exact) mass is 1350 g/mol. The molecule has 0 N–H and O–H groups in total. The number of carbonyl (C=O) groups excluding carboxylic acids is 1. The standard InChI is InChI=1S/C45H34N2O2S.C18H15N.C14H13N.C13H8O3S/c1-3-46-38-18-10-7-15-33(38)34-27-30(22-25-39(34)46)45(36-16-8-11-19-42(36)50(48,49)43-20-12-9-17-37(43)45)31-23-26-40-35(28-31)44-32-14-6-5-13-29(32)21-24-41(44)47(40)4-2;1-2-19-16-10-6-5-9-15(16)18-14-8-4-3-7-13(14)11-12-17(18)19;1-2-15-13-9-5-3-7-11(13)12-8-4-6-10-14(12)15;14-13-9-5-1-3-7-11(9)17(15,16)12-8-4-2-6-10(12)13/h5-28H,3-4H2,1-2H3;3-12H,2H2,1H3;3-10H,2H2,1H3;1-8H. The molecule has 4 aromatic heterocycles. The maximum absolute atomic E-state index is 14.4. The first-order valence-electron chi connectivity index (χ1n) is 34.6. The number of sulfone groups is 2. The normalized spacial score (nSPS) is 13.9. The van der Waals surface area contributed by atoms with Gasteiger partial charge in [-0.1, -0.05) is 206 Å². The van der Waals surface area contributed by atoms with Gasteiger partial charge in [-0.3, -0.25) is 4.79 Å². The van der Waals surface area contributed by atoms with Gasteiger partial charge in [0.05, 0.1) is 25.0 Å². The summed E-state index contributed by atoms with van der Waals surface area (Å²) in [6.07, 6.45) is 0. The summed E-state index contributed by atoms with van der Waals surface area (Å²) in [6, 6.07) is 102. The number of hydrogen-bond acceptors (Lipinski definition) is 5. The third kappa shape index (κ3) is 9.58. The van der Waals surface area contributed by atoms with Crippen LogP contribution in [0.3, 0.4) is 0 Å². The third-order valence-corrected chi connectivity index (χ3v) is 24.7. The fraction of sp³-hybridized carbons (Fsp3) is 0.100. The molecule has 11 heteroatoms. The Hall–Kier alpha value is -11.6. The minimum atomic E-state index is -3.78. The van der Waals surface area contributed by atoms with E-state index in [4.69, 9.17) is 0 Å². The average Bonchev–Trinajstić information content (AvgIpc) is 1.47. The molecule has 2 aliphatic rings. The second kappa shape index (κ2) is 24.7. The molecule has 0 saturated carbocycles. The SMILES string of the molecule is CCn1c2ccccc2c2c3ccccc3ccc21.CCn1c2ccccc2c2cc(C3(c4ccc5c(c4)c4c6ccccc6ccc4n5CC)c4ccccc4S(=O)(=O)c4ccccc43)ccc21.CCn1c2ccccc2c2ccccc21.O=C1c2ccccc2S(=O)(=O)c2ccccc21. The average molecular weight is 1350 g/mol. The molecule has 101 heavy (non-hydrogen) atoms. The summed E-state index contributed by atoms with van der Waals surface area (Å²) < 4.78 is 63.0. The van der Waals surface area contributed by atoms with E-state index in [1.54, 1.807) is 48.5 Å². The van der Waals surface area contributed by atoms with Gasteiger partial charge in [0, 0.05) is 125 Å². The Kier molecular flexibility index (Phi) is 15.4. The zero-order chi connectivity index (χ0) is 68.9. The van der Waals surface area contributed by atoms with E-state index in [2.05, 4.69) is 252 Å². The van der Waals surface area contributed by atoms with Gasteiger partial charge in [-0.15, -0.1) is 0 Å². The van der Waals surface area contributed by atoms with E-state index in [1.807, 2.05) is 36.4 Å². The number of para-hydroxylation sites is 4. The molecule has 0 amide bonds. The molecule has 18 aromatic rings. The van der Waals surface area contributed by atoms with Crippen molar-refractivity contribution in [2.75, 3.05) is 0 Å². The minimum absolute atomic E-state index is 0.101. The predicted octanol–water partition coefficient (Wildman–Crippen LogP) is 21.5. The molecule has 20 rings (SSSR count). The fourth-order valence-electron chi connectivity index (χ4n) is 16.7. The molecular formula is C90H70N4O5S2. The summed E-state index contributed by atoms with van der Waals surface area (Å²) in [7, 11) is -7.33. The molecule has 0 bridgehead atoms. The van der Waals surface area contributed by atoms with Crippen molar-refractivity contribution in [2.24, 2.45) is 0 Å². The Balaban J connectivity index is 0.000000120. The fourth-order valence-corrected chi connectivity index (χ4v) is 20.1. The lowest BCUT2D eigenvalue weighted by Gasteiger charge is -2.42. The van der Waals surface area contributed by atoms with Gasteiger partial charge in [0.25, 0.3) is 0 Å². The minimum Gasteiger partial charge on any atom is -0.341 e.